The maximum atomic E-state index is 5.05. The van der Waals surface area contributed by atoms with E-state index in [1.165, 1.54) is 32.1 Å². The molecule has 0 radical (unpaired) electrons. The predicted molar refractivity (Wildman–Crippen MR) is 49.3 cm³/mol. The molecule has 0 aliphatic heterocycles. The summed E-state index contributed by atoms with van der Waals surface area (Å²) in [5.41, 5.74) is 0. The molecular formula is C9H15N3O. The van der Waals surface area contributed by atoms with Crippen molar-refractivity contribution < 1.29 is 4.42 Å². The number of aromatic nitrogens is 2. The molecule has 13 heavy (non-hydrogen) atoms. The Labute approximate surface area is 77.7 Å². The predicted octanol–water partition coefficient (Wildman–Crippen LogP) is 2.06. The van der Waals surface area contributed by atoms with Crippen LogP contribution in [0.15, 0.2) is 10.8 Å². The Hall–Kier alpha value is -1.06. The Morgan fingerprint density at radius 3 is 3.00 bits per heavy atom. The molecule has 1 fully saturated rings. The molecule has 72 valence electrons. The summed E-state index contributed by atoms with van der Waals surface area (Å²) in [5.74, 6) is 0.709. The van der Waals surface area contributed by atoms with Gasteiger partial charge < -0.3 is 9.73 Å². The lowest BCUT2D eigenvalue weighted by atomic mass is 9.86. The molecule has 1 heterocycles. The van der Waals surface area contributed by atoms with Gasteiger partial charge in [0.05, 0.1) is 0 Å². The summed E-state index contributed by atoms with van der Waals surface area (Å²) in [4.78, 5) is 0. The third kappa shape index (κ3) is 1.99. The molecule has 4 heteroatoms. The van der Waals surface area contributed by atoms with Crippen molar-refractivity contribution in [3.05, 3.63) is 6.39 Å². The van der Waals surface area contributed by atoms with Gasteiger partial charge in [0.2, 0.25) is 6.39 Å². The van der Waals surface area contributed by atoms with Gasteiger partial charge in [0.25, 0.3) is 0 Å². The molecule has 0 saturated heterocycles. The maximum Gasteiger partial charge on any atom is 0.315 e. The van der Waals surface area contributed by atoms with E-state index >= 15 is 0 Å². The van der Waals surface area contributed by atoms with Crippen LogP contribution in [0.2, 0.25) is 0 Å². The first-order valence-electron chi connectivity index (χ1n) is 4.89. The SMILES string of the molecule is CC1CCCCC1Nc1nnco1. The van der Waals surface area contributed by atoms with E-state index in [0.717, 1.165) is 0 Å². The molecule has 0 spiro atoms. The summed E-state index contributed by atoms with van der Waals surface area (Å²) in [6, 6.07) is 1.06. The number of rotatable bonds is 2. The van der Waals surface area contributed by atoms with Gasteiger partial charge in [-0.2, -0.15) is 0 Å². The minimum absolute atomic E-state index is 0.509. The fourth-order valence-corrected chi connectivity index (χ4v) is 1.93. The first kappa shape index (κ1) is 8.53. The summed E-state index contributed by atoms with van der Waals surface area (Å²) < 4.78 is 5.05. The van der Waals surface area contributed by atoms with Crippen molar-refractivity contribution in [3.8, 4) is 0 Å². The molecule has 0 aromatic carbocycles. The summed E-state index contributed by atoms with van der Waals surface area (Å²) in [6.07, 6.45) is 6.52. The lowest BCUT2D eigenvalue weighted by Crippen LogP contribution is -2.30. The van der Waals surface area contributed by atoms with Gasteiger partial charge in [0.15, 0.2) is 0 Å². The van der Waals surface area contributed by atoms with Gasteiger partial charge in [-0.25, -0.2) is 0 Å². The van der Waals surface area contributed by atoms with E-state index in [9.17, 15) is 0 Å². The van der Waals surface area contributed by atoms with E-state index < -0.39 is 0 Å². The molecule has 1 saturated carbocycles. The third-order valence-corrected chi connectivity index (χ3v) is 2.78. The monoisotopic (exact) mass is 181 g/mol. The van der Waals surface area contributed by atoms with Crippen LogP contribution >= 0.6 is 0 Å². The third-order valence-electron chi connectivity index (χ3n) is 2.78. The Morgan fingerprint density at radius 2 is 2.31 bits per heavy atom. The Kier molecular flexibility index (Phi) is 2.47. The first-order chi connectivity index (χ1) is 6.36. The lowest BCUT2D eigenvalue weighted by Gasteiger charge is -2.28. The van der Waals surface area contributed by atoms with Crippen LogP contribution in [0.1, 0.15) is 32.6 Å². The van der Waals surface area contributed by atoms with Crippen molar-refractivity contribution in [2.24, 2.45) is 5.92 Å². The van der Waals surface area contributed by atoms with Crippen LogP contribution in [-0.2, 0) is 0 Å². The molecule has 4 nitrogen and oxygen atoms in total. The first-order valence-corrected chi connectivity index (χ1v) is 4.89. The van der Waals surface area contributed by atoms with Crippen LogP contribution in [0.25, 0.3) is 0 Å². The van der Waals surface area contributed by atoms with Gasteiger partial charge in [0, 0.05) is 6.04 Å². The van der Waals surface area contributed by atoms with Crippen molar-refractivity contribution in [1.82, 2.24) is 10.2 Å². The van der Waals surface area contributed by atoms with E-state index in [0.29, 0.717) is 18.0 Å². The van der Waals surface area contributed by atoms with Crippen molar-refractivity contribution in [3.63, 3.8) is 0 Å². The van der Waals surface area contributed by atoms with Gasteiger partial charge in [-0.05, 0) is 18.8 Å². The molecule has 0 amide bonds. The zero-order valence-electron chi connectivity index (χ0n) is 7.86. The largest absolute Gasteiger partial charge is 0.411 e. The second kappa shape index (κ2) is 3.77. The zero-order valence-corrected chi connectivity index (χ0v) is 7.86. The Bertz CT molecular complexity index is 247. The molecule has 2 rings (SSSR count). The second-order valence-electron chi connectivity index (χ2n) is 3.76. The zero-order chi connectivity index (χ0) is 9.10. The van der Waals surface area contributed by atoms with Crippen molar-refractivity contribution in [2.45, 2.75) is 38.6 Å². The van der Waals surface area contributed by atoms with Crippen LogP contribution in [0.4, 0.5) is 6.01 Å². The molecule has 2 atom stereocenters. The number of anilines is 1. The smallest absolute Gasteiger partial charge is 0.315 e. The van der Waals surface area contributed by atoms with Crippen molar-refractivity contribution in [1.29, 1.82) is 0 Å². The highest BCUT2D eigenvalue weighted by Crippen LogP contribution is 2.25. The average Bonchev–Trinajstić information content (AvgIpc) is 2.61. The second-order valence-corrected chi connectivity index (χ2v) is 3.76. The maximum absolute atomic E-state index is 5.05. The minimum Gasteiger partial charge on any atom is -0.411 e. The quantitative estimate of drug-likeness (QED) is 0.758. The lowest BCUT2D eigenvalue weighted by molar-refractivity contribution is 0.343. The van der Waals surface area contributed by atoms with Crippen LogP contribution in [0, 0.1) is 5.92 Å². The normalized spacial score (nSPS) is 28.7. The highest BCUT2D eigenvalue weighted by atomic mass is 16.4. The molecule has 2 unspecified atom stereocenters. The average molecular weight is 181 g/mol. The number of hydrogen-bond acceptors (Lipinski definition) is 4. The van der Waals surface area contributed by atoms with E-state index in [-0.39, 0.29) is 0 Å². The van der Waals surface area contributed by atoms with Gasteiger partial charge in [0.1, 0.15) is 0 Å². The van der Waals surface area contributed by atoms with Crippen LogP contribution in [-0.4, -0.2) is 16.2 Å². The molecule has 1 aliphatic carbocycles. The summed E-state index contributed by atoms with van der Waals surface area (Å²) in [7, 11) is 0. The van der Waals surface area contributed by atoms with Gasteiger partial charge in [-0.15, -0.1) is 5.10 Å². The Morgan fingerprint density at radius 1 is 1.46 bits per heavy atom. The van der Waals surface area contributed by atoms with Crippen LogP contribution in [0.5, 0.6) is 0 Å². The van der Waals surface area contributed by atoms with E-state index in [2.05, 4.69) is 22.4 Å². The summed E-state index contributed by atoms with van der Waals surface area (Å²) >= 11 is 0. The van der Waals surface area contributed by atoms with E-state index in [4.69, 9.17) is 4.42 Å². The van der Waals surface area contributed by atoms with Crippen molar-refractivity contribution >= 4 is 6.01 Å². The molecule has 1 N–H and O–H groups in total. The Balaban J connectivity index is 1.93. The molecule has 1 aromatic rings. The van der Waals surface area contributed by atoms with Crippen molar-refractivity contribution in [2.75, 3.05) is 5.32 Å². The summed E-state index contributed by atoms with van der Waals surface area (Å²) in [6.45, 7) is 2.27. The number of nitrogens with one attached hydrogen (secondary N) is 1. The minimum atomic E-state index is 0.509. The van der Waals surface area contributed by atoms with E-state index in [1.807, 2.05) is 0 Å². The molecular weight excluding hydrogens is 166 g/mol. The highest BCUT2D eigenvalue weighted by Gasteiger charge is 2.21. The molecule has 0 bridgehead atoms. The van der Waals surface area contributed by atoms with Gasteiger partial charge in [-0.3, -0.25) is 0 Å². The standard InChI is InChI=1S/C9H15N3O/c1-7-4-2-3-5-8(7)11-9-12-10-6-13-9/h6-8H,2-5H2,1H3,(H,11,12). The van der Waals surface area contributed by atoms with Gasteiger partial charge >= 0.3 is 6.01 Å². The fraction of sp³-hybridized carbons (Fsp3) is 0.778. The van der Waals surface area contributed by atoms with Gasteiger partial charge in [-0.1, -0.05) is 24.9 Å². The fourth-order valence-electron chi connectivity index (χ4n) is 1.93. The van der Waals surface area contributed by atoms with Crippen LogP contribution in [0.3, 0.4) is 0 Å². The topological polar surface area (TPSA) is 51.0 Å². The molecule has 1 aromatic heterocycles. The van der Waals surface area contributed by atoms with E-state index in [1.54, 1.807) is 0 Å². The number of nitrogens with zero attached hydrogens (tertiary/aromatic N) is 2. The number of hydrogen-bond donors (Lipinski definition) is 1. The molecule has 1 aliphatic rings. The highest BCUT2D eigenvalue weighted by molar-refractivity contribution is 5.18. The summed E-state index contributed by atoms with van der Waals surface area (Å²) in [5, 5.41) is 10.7. The van der Waals surface area contributed by atoms with Crippen LogP contribution < -0.4 is 5.32 Å².